The van der Waals surface area contributed by atoms with Gasteiger partial charge >= 0.3 is 0 Å². The van der Waals surface area contributed by atoms with Crippen molar-refractivity contribution in [2.24, 2.45) is 0 Å². The van der Waals surface area contributed by atoms with E-state index in [1.165, 1.54) is 11.8 Å². The predicted molar refractivity (Wildman–Crippen MR) is 125 cm³/mol. The highest BCUT2D eigenvalue weighted by Gasteiger charge is 2.32. The van der Waals surface area contributed by atoms with Crippen LogP contribution < -0.4 is 14.2 Å². The van der Waals surface area contributed by atoms with Crippen LogP contribution in [-0.2, 0) is 11.3 Å². The molecule has 156 valence electrons. The highest BCUT2D eigenvalue weighted by Crippen LogP contribution is 2.35. The molecule has 0 spiro atoms. The van der Waals surface area contributed by atoms with Gasteiger partial charge in [0.05, 0.1) is 25.2 Å². The Morgan fingerprint density at radius 2 is 1.90 bits per heavy atom. The molecule has 1 aliphatic rings. The molecule has 2 aromatic carbocycles. The van der Waals surface area contributed by atoms with E-state index in [-0.39, 0.29) is 5.91 Å². The maximum Gasteiger partial charge on any atom is 0.266 e. The lowest BCUT2D eigenvalue weighted by Crippen LogP contribution is -2.27. The Labute approximate surface area is 186 Å². The standard InChI is InChI=1S/C23H23NO4S2/c1-4-12-28-19-11-8-17(13-20(19)27-5-2)14-21-22(25)24(23(29)30-21)15-16-6-9-18(26-3)10-7-16/h4,6-11,13-14H,1,5,12,15H2,2-3H3/b21-14+. The smallest absolute Gasteiger partial charge is 0.266 e. The first kappa shape index (κ1) is 21.9. The van der Waals surface area contributed by atoms with E-state index in [1.807, 2.05) is 55.5 Å². The van der Waals surface area contributed by atoms with Crippen LogP contribution in [-0.4, -0.2) is 35.5 Å². The summed E-state index contributed by atoms with van der Waals surface area (Å²) in [5, 5.41) is 0. The molecule has 0 aromatic heterocycles. The van der Waals surface area contributed by atoms with Gasteiger partial charge in [-0.05, 0) is 48.4 Å². The van der Waals surface area contributed by atoms with Gasteiger partial charge in [-0.25, -0.2) is 0 Å². The molecule has 1 fully saturated rings. The number of rotatable bonds is 9. The zero-order valence-electron chi connectivity index (χ0n) is 16.9. The summed E-state index contributed by atoms with van der Waals surface area (Å²) < 4.78 is 17.0. The molecule has 7 heteroatoms. The maximum atomic E-state index is 12.9. The minimum atomic E-state index is -0.106. The molecule has 1 saturated heterocycles. The second-order valence-electron chi connectivity index (χ2n) is 6.35. The van der Waals surface area contributed by atoms with Gasteiger partial charge < -0.3 is 14.2 Å². The molecule has 30 heavy (non-hydrogen) atoms. The van der Waals surface area contributed by atoms with E-state index in [2.05, 4.69) is 6.58 Å². The summed E-state index contributed by atoms with van der Waals surface area (Å²) in [7, 11) is 1.62. The van der Waals surface area contributed by atoms with Gasteiger partial charge in [0.2, 0.25) is 0 Å². The van der Waals surface area contributed by atoms with Crippen LogP contribution in [0.3, 0.4) is 0 Å². The number of amides is 1. The maximum absolute atomic E-state index is 12.9. The highest BCUT2D eigenvalue weighted by molar-refractivity contribution is 8.26. The van der Waals surface area contributed by atoms with Gasteiger partial charge in [-0.1, -0.05) is 54.8 Å². The third-order valence-corrected chi connectivity index (χ3v) is 5.67. The van der Waals surface area contributed by atoms with Crippen LogP contribution >= 0.6 is 24.0 Å². The van der Waals surface area contributed by atoms with E-state index in [1.54, 1.807) is 18.1 Å². The van der Waals surface area contributed by atoms with Crippen molar-refractivity contribution < 1.29 is 19.0 Å². The van der Waals surface area contributed by atoms with E-state index in [0.29, 0.717) is 40.5 Å². The SMILES string of the molecule is C=CCOc1ccc(/C=C2/SC(=S)N(Cc3ccc(OC)cc3)C2=O)cc1OCC. The lowest BCUT2D eigenvalue weighted by molar-refractivity contribution is -0.122. The number of hydrogen-bond acceptors (Lipinski definition) is 6. The number of thioether (sulfide) groups is 1. The third kappa shape index (κ3) is 5.23. The summed E-state index contributed by atoms with van der Waals surface area (Å²) in [5.41, 5.74) is 1.82. The minimum Gasteiger partial charge on any atom is -0.497 e. The van der Waals surface area contributed by atoms with E-state index >= 15 is 0 Å². The van der Waals surface area contributed by atoms with Gasteiger partial charge in [0, 0.05) is 0 Å². The van der Waals surface area contributed by atoms with Crippen LogP contribution in [0.1, 0.15) is 18.1 Å². The van der Waals surface area contributed by atoms with Crippen molar-refractivity contribution in [3.63, 3.8) is 0 Å². The van der Waals surface area contributed by atoms with Crippen molar-refractivity contribution >= 4 is 40.3 Å². The average molecular weight is 442 g/mol. The lowest BCUT2D eigenvalue weighted by Gasteiger charge is -2.14. The predicted octanol–water partition coefficient (Wildman–Crippen LogP) is 5.06. The Kier molecular flexibility index (Phi) is 7.54. The molecule has 0 atom stereocenters. The summed E-state index contributed by atoms with van der Waals surface area (Å²) in [4.78, 5) is 15.1. The van der Waals surface area contributed by atoms with Crippen molar-refractivity contribution in [3.05, 3.63) is 71.2 Å². The van der Waals surface area contributed by atoms with Crippen molar-refractivity contribution in [2.45, 2.75) is 13.5 Å². The van der Waals surface area contributed by atoms with Crippen molar-refractivity contribution in [2.75, 3.05) is 20.3 Å². The molecule has 0 bridgehead atoms. The van der Waals surface area contributed by atoms with Crippen molar-refractivity contribution in [3.8, 4) is 17.2 Å². The first-order chi connectivity index (χ1) is 14.5. The normalized spacial score (nSPS) is 14.9. The monoisotopic (exact) mass is 441 g/mol. The molecular formula is C23H23NO4S2. The van der Waals surface area contributed by atoms with Crippen LogP contribution in [0.25, 0.3) is 6.08 Å². The Morgan fingerprint density at radius 3 is 2.57 bits per heavy atom. The summed E-state index contributed by atoms with van der Waals surface area (Å²) in [5.74, 6) is 1.93. The Balaban J connectivity index is 1.78. The minimum absolute atomic E-state index is 0.106. The summed E-state index contributed by atoms with van der Waals surface area (Å²) >= 11 is 6.74. The molecule has 5 nitrogen and oxygen atoms in total. The fourth-order valence-corrected chi connectivity index (χ4v) is 4.11. The number of hydrogen-bond donors (Lipinski definition) is 0. The summed E-state index contributed by atoms with van der Waals surface area (Å²) in [6.45, 7) is 6.90. The number of thiocarbonyl (C=S) groups is 1. The highest BCUT2D eigenvalue weighted by atomic mass is 32.2. The zero-order chi connectivity index (χ0) is 21.5. The topological polar surface area (TPSA) is 48.0 Å². The molecular weight excluding hydrogens is 418 g/mol. The molecule has 3 rings (SSSR count). The van der Waals surface area contributed by atoms with Gasteiger partial charge in [-0.15, -0.1) is 0 Å². The van der Waals surface area contributed by atoms with Gasteiger partial charge in [0.1, 0.15) is 16.7 Å². The lowest BCUT2D eigenvalue weighted by atomic mass is 10.1. The van der Waals surface area contributed by atoms with Crippen LogP contribution in [0.2, 0.25) is 0 Å². The number of nitrogens with zero attached hydrogens (tertiary/aromatic N) is 1. The quantitative estimate of drug-likeness (QED) is 0.308. The summed E-state index contributed by atoms with van der Waals surface area (Å²) in [6, 6.07) is 13.2. The number of benzene rings is 2. The van der Waals surface area contributed by atoms with Gasteiger partial charge in [0.15, 0.2) is 11.5 Å². The summed E-state index contributed by atoms with van der Waals surface area (Å²) in [6.07, 6.45) is 3.50. The van der Waals surface area contributed by atoms with E-state index < -0.39 is 0 Å². The van der Waals surface area contributed by atoms with Crippen LogP contribution in [0.15, 0.2) is 60.0 Å². The molecule has 0 N–H and O–H groups in total. The van der Waals surface area contributed by atoms with Crippen LogP contribution in [0.5, 0.6) is 17.2 Å². The van der Waals surface area contributed by atoms with Crippen molar-refractivity contribution in [1.82, 2.24) is 4.90 Å². The van der Waals surface area contributed by atoms with Crippen molar-refractivity contribution in [1.29, 1.82) is 0 Å². The molecule has 2 aromatic rings. The Bertz CT molecular complexity index is 970. The number of carbonyl (C=O) groups is 1. The second kappa shape index (κ2) is 10.3. The van der Waals surface area contributed by atoms with E-state index in [4.69, 9.17) is 26.4 Å². The Hall–Kier alpha value is -2.77. The largest absolute Gasteiger partial charge is 0.497 e. The first-order valence-corrected chi connectivity index (χ1v) is 10.7. The molecule has 1 aliphatic heterocycles. The van der Waals surface area contributed by atoms with E-state index in [9.17, 15) is 4.79 Å². The van der Waals surface area contributed by atoms with Gasteiger partial charge in [-0.3, -0.25) is 9.69 Å². The number of ether oxygens (including phenoxy) is 3. The van der Waals surface area contributed by atoms with Gasteiger partial charge in [0.25, 0.3) is 5.91 Å². The molecule has 0 radical (unpaired) electrons. The van der Waals surface area contributed by atoms with E-state index in [0.717, 1.165) is 16.9 Å². The third-order valence-electron chi connectivity index (χ3n) is 4.30. The number of carbonyl (C=O) groups excluding carboxylic acids is 1. The van der Waals surface area contributed by atoms with Gasteiger partial charge in [-0.2, -0.15) is 0 Å². The fourth-order valence-electron chi connectivity index (χ4n) is 2.85. The molecule has 0 aliphatic carbocycles. The van der Waals surface area contributed by atoms with Crippen LogP contribution in [0.4, 0.5) is 0 Å². The molecule has 1 heterocycles. The fraction of sp³-hybridized carbons (Fsp3) is 0.217. The molecule has 0 saturated carbocycles. The first-order valence-electron chi connectivity index (χ1n) is 9.44. The average Bonchev–Trinajstić information content (AvgIpc) is 3.01. The molecule has 1 amide bonds. The Morgan fingerprint density at radius 1 is 1.13 bits per heavy atom. The number of methoxy groups -OCH3 is 1. The van der Waals surface area contributed by atoms with Crippen LogP contribution in [0, 0.1) is 0 Å². The molecule has 0 unspecified atom stereocenters. The zero-order valence-corrected chi connectivity index (χ0v) is 18.6. The second-order valence-corrected chi connectivity index (χ2v) is 8.03.